The Morgan fingerprint density at radius 3 is 2.55 bits per heavy atom. The normalized spacial score (nSPS) is 25.4. The fourth-order valence-electron chi connectivity index (χ4n) is 3.95. The lowest BCUT2D eigenvalue weighted by Gasteiger charge is -2.18. The molecule has 31 heavy (non-hydrogen) atoms. The number of thiophene rings is 1. The van der Waals surface area contributed by atoms with Gasteiger partial charge in [0.05, 0.1) is 41.6 Å². The van der Waals surface area contributed by atoms with Gasteiger partial charge in [0.1, 0.15) is 12.2 Å². The van der Waals surface area contributed by atoms with E-state index < -0.39 is 16.1 Å². The highest BCUT2D eigenvalue weighted by Crippen LogP contribution is 2.30. The molecule has 5 rings (SSSR count). The maximum Gasteiger partial charge on any atom is 0.223 e. The molecule has 4 heterocycles. The highest BCUT2D eigenvalue weighted by molar-refractivity contribution is 7.88. The molecular formula is C21H22N4O4S2. The average Bonchev–Trinajstić information content (AvgIpc) is 3.49. The smallest absolute Gasteiger partial charge is 0.223 e. The van der Waals surface area contributed by atoms with E-state index in [-0.39, 0.29) is 30.6 Å². The van der Waals surface area contributed by atoms with E-state index >= 15 is 0 Å². The second kappa shape index (κ2) is 8.64. The van der Waals surface area contributed by atoms with Crippen molar-refractivity contribution in [1.82, 2.24) is 14.7 Å². The molecule has 10 heteroatoms. The lowest BCUT2D eigenvalue weighted by atomic mass is 10.1. The zero-order chi connectivity index (χ0) is 21.3. The molecule has 8 nitrogen and oxygen atoms in total. The monoisotopic (exact) mass is 458 g/mol. The molecule has 0 unspecified atom stereocenters. The van der Waals surface area contributed by atoms with E-state index in [1.165, 1.54) is 0 Å². The van der Waals surface area contributed by atoms with Crippen LogP contribution >= 0.6 is 11.3 Å². The van der Waals surface area contributed by atoms with E-state index in [4.69, 9.17) is 9.47 Å². The highest BCUT2D eigenvalue weighted by atomic mass is 32.2. The number of rotatable bonds is 7. The summed E-state index contributed by atoms with van der Waals surface area (Å²) in [4.78, 5) is 9.96. The van der Waals surface area contributed by atoms with Crippen LogP contribution in [0.1, 0.15) is 5.56 Å². The van der Waals surface area contributed by atoms with Crippen molar-refractivity contribution in [2.24, 2.45) is 0 Å². The third-order valence-electron chi connectivity index (χ3n) is 5.33. The highest BCUT2D eigenvalue weighted by Gasteiger charge is 2.49. The SMILES string of the molecule is O=S(=O)(Cc1ccccc1)N[C@@H]1CO[C@@H]2[C@@H]1OC[C@@H]2Nc1nccc(-c2cccs2)n1. The second-order valence-corrected chi connectivity index (χ2v) is 10.3. The maximum atomic E-state index is 12.6. The summed E-state index contributed by atoms with van der Waals surface area (Å²) in [5, 5.41) is 5.30. The van der Waals surface area contributed by atoms with Crippen molar-refractivity contribution in [3.8, 4) is 10.6 Å². The summed E-state index contributed by atoms with van der Waals surface area (Å²) in [6, 6.07) is 14.4. The standard InChI is InChI=1S/C21H22N4O4S2/c26-31(27,13-14-5-2-1-3-6-14)25-17-12-29-19-16(11-28-20(17)19)24-21-22-9-8-15(23-21)18-7-4-10-30-18/h1-10,16-17,19-20,25H,11-13H2,(H,22,23,24)/t16-,17+,19-,20+/m0/s1. The third kappa shape index (κ3) is 4.63. The molecule has 0 aliphatic carbocycles. The van der Waals surface area contributed by atoms with Crippen LogP contribution in [0.2, 0.25) is 0 Å². The first kappa shape index (κ1) is 20.5. The Morgan fingerprint density at radius 2 is 1.77 bits per heavy atom. The summed E-state index contributed by atoms with van der Waals surface area (Å²) in [5.41, 5.74) is 1.59. The number of ether oxygens (including phenoxy) is 2. The predicted octanol–water partition coefficient (Wildman–Crippen LogP) is 2.27. The van der Waals surface area contributed by atoms with Crippen molar-refractivity contribution in [2.75, 3.05) is 18.5 Å². The zero-order valence-electron chi connectivity index (χ0n) is 16.5. The Balaban J connectivity index is 1.23. The molecule has 4 atom stereocenters. The molecule has 2 aromatic heterocycles. The minimum Gasteiger partial charge on any atom is -0.371 e. The molecule has 0 spiro atoms. The van der Waals surface area contributed by atoms with Crippen molar-refractivity contribution < 1.29 is 17.9 Å². The zero-order valence-corrected chi connectivity index (χ0v) is 18.2. The molecule has 2 N–H and O–H groups in total. The van der Waals surface area contributed by atoms with Crippen molar-refractivity contribution in [3.05, 3.63) is 65.7 Å². The Morgan fingerprint density at radius 1 is 1.00 bits per heavy atom. The number of nitrogens with one attached hydrogen (secondary N) is 2. The van der Waals surface area contributed by atoms with Gasteiger partial charge in [-0.05, 0) is 23.1 Å². The fourth-order valence-corrected chi connectivity index (χ4v) is 6.02. The Hall–Kier alpha value is -2.37. The lowest BCUT2D eigenvalue weighted by molar-refractivity contribution is 0.0690. The van der Waals surface area contributed by atoms with Gasteiger partial charge >= 0.3 is 0 Å². The van der Waals surface area contributed by atoms with Crippen LogP contribution in [0.25, 0.3) is 10.6 Å². The molecule has 2 fully saturated rings. The molecule has 2 aliphatic heterocycles. The number of anilines is 1. The predicted molar refractivity (Wildman–Crippen MR) is 118 cm³/mol. The molecule has 162 valence electrons. The largest absolute Gasteiger partial charge is 0.371 e. The van der Waals surface area contributed by atoms with Crippen LogP contribution in [0, 0.1) is 0 Å². The van der Waals surface area contributed by atoms with Gasteiger partial charge in [0, 0.05) is 6.20 Å². The second-order valence-electron chi connectivity index (χ2n) is 7.56. The van der Waals surface area contributed by atoms with E-state index in [9.17, 15) is 8.42 Å². The molecule has 2 aliphatic rings. The van der Waals surface area contributed by atoms with E-state index in [0.29, 0.717) is 12.6 Å². The molecule has 1 aromatic carbocycles. The van der Waals surface area contributed by atoms with Crippen LogP contribution in [-0.2, 0) is 25.2 Å². The molecule has 3 aromatic rings. The molecule has 0 amide bonds. The maximum absolute atomic E-state index is 12.6. The van der Waals surface area contributed by atoms with Crippen molar-refractivity contribution in [1.29, 1.82) is 0 Å². The third-order valence-corrected chi connectivity index (χ3v) is 7.60. The van der Waals surface area contributed by atoms with Crippen molar-refractivity contribution in [3.63, 3.8) is 0 Å². The quantitative estimate of drug-likeness (QED) is 0.560. The summed E-state index contributed by atoms with van der Waals surface area (Å²) < 4.78 is 39.8. The van der Waals surface area contributed by atoms with Gasteiger partial charge in [-0.15, -0.1) is 11.3 Å². The Kier molecular flexibility index (Phi) is 5.72. The lowest BCUT2D eigenvalue weighted by Crippen LogP contribution is -2.45. The van der Waals surface area contributed by atoms with Gasteiger partial charge in [0.15, 0.2) is 0 Å². The number of aromatic nitrogens is 2. The van der Waals surface area contributed by atoms with Crippen LogP contribution in [0.5, 0.6) is 0 Å². The molecule has 2 saturated heterocycles. The molecule has 0 saturated carbocycles. The number of sulfonamides is 1. The van der Waals surface area contributed by atoms with Gasteiger partial charge in [-0.25, -0.2) is 23.1 Å². The summed E-state index contributed by atoms with van der Waals surface area (Å²) in [5.74, 6) is 0.420. The summed E-state index contributed by atoms with van der Waals surface area (Å²) in [6.45, 7) is 0.649. The van der Waals surface area contributed by atoms with Crippen molar-refractivity contribution in [2.45, 2.75) is 30.0 Å². The van der Waals surface area contributed by atoms with Gasteiger partial charge in [-0.1, -0.05) is 36.4 Å². The Labute approximate surface area is 184 Å². The first-order valence-corrected chi connectivity index (χ1v) is 12.5. The summed E-state index contributed by atoms with van der Waals surface area (Å²) >= 11 is 1.62. The van der Waals surface area contributed by atoms with Crippen LogP contribution in [0.4, 0.5) is 5.95 Å². The van der Waals surface area contributed by atoms with Crippen molar-refractivity contribution >= 4 is 27.3 Å². The summed E-state index contributed by atoms with van der Waals surface area (Å²) in [7, 11) is -3.52. The van der Waals surface area contributed by atoms with E-state index in [2.05, 4.69) is 20.0 Å². The van der Waals surface area contributed by atoms with Crippen LogP contribution in [0.15, 0.2) is 60.1 Å². The van der Waals surface area contributed by atoms with Gasteiger partial charge in [-0.2, -0.15) is 0 Å². The number of nitrogens with zero attached hydrogens (tertiary/aromatic N) is 2. The molecular weight excluding hydrogens is 436 g/mol. The van der Waals surface area contributed by atoms with Gasteiger partial charge in [0.25, 0.3) is 0 Å². The van der Waals surface area contributed by atoms with Gasteiger partial charge < -0.3 is 14.8 Å². The van der Waals surface area contributed by atoms with Gasteiger partial charge in [-0.3, -0.25) is 0 Å². The summed E-state index contributed by atoms with van der Waals surface area (Å²) in [6.07, 6.45) is 1.08. The number of fused-ring (bicyclic) bond motifs is 1. The Bertz CT molecular complexity index is 1130. The van der Waals surface area contributed by atoms with E-state index in [1.807, 2.05) is 41.8 Å². The van der Waals surface area contributed by atoms with Crippen LogP contribution in [-0.4, -0.2) is 55.9 Å². The fraction of sp³-hybridized carbons (Fsp3) is 0.333. The van der Waals surface area contributed by atoms with E-state index in [0.717, 1.165) is 16.1 Å². The molecule has 0 radical (unpaired) electrons. The van der Waals surface area contributed by atoms with E-state index in [1.54, 1.807) is 29.7 Å². The average molecular weight is 459 g/mol. The topological polar surface area (TPSA) is 102 Å². The first-order valence-electron chi connectivity index (χ1n) is 9.98. The minimum absolute atomic E-state index is 0.0766. The number of benzene rings is 1. The number of hydrogen-bond donors (Lipinski definition) is 2. The minimum atomic E-state index is -3.52. The van der Waals surface area contributed by atoms with Gasteiger partial charge in [0.2, 0.25) is 16.0 Å². The van der Waals surface area contributed by atoms with Crippen LogP contribution in [0.3, 0.4) is 0 Å². The molecule has 0 bridgehead atoms. The first-order chi connectivity index (χ1) is 15.1. The van der Waals surface area contributed by atoms with Crippen LogP contribution < -0.4 is 10.0 Å². The number of hydrogen-bond acceptors (Lipinski definition) is 8.